The third-order valence-corrected chi connectivity index (χ3v) is 4.38. The Morgan fingerprint density at radius 2 is 1.75 bits per heavy atom. The first-order chi connectivity index (χ1) is 11.5. The van der Waals surface area contributed by atoms with Crippen molar-refractivity contribution >= 4 is 0 Å². The van der Waals surface area contributed by atoms with Gasteiger partial charge in [-0.25, -0.2) is 0 Å². The molecule has 0 aliphatic carbocycles. The SMILES string of the molecule is Cc1cccnc1C(c1ccc(C(F)(F)F)cc1)N1CCNCC1. The van der Waals surface area contributed by atoms with Crippen LogP contribution in [0.4, 0.5) is 13.2 Å². The van der Waals surface area contributed by atoms with Crippen molar-refractivity contribution in [3.63, 3.8) is 0 Å². The van der Waals surface area contributed by atoms with Crippen molar-refractivity contribution < 1.29 is 13.2 Å². The summed E-state index contributed by atoms with van der Waals surface area (Å²) >= 11 is 0. The zero-order valence-electron chi connectivity index (χ0n) is 13.5. The number of halogens is 3. The maximum absolute atomic E-state index is 12.8. The van der Waals surface area contributed by atoms with Gasteiger partial charge >= 0.3 is 6.18 Å². The molecule has 1 unspecified atom stereocenters. The minimum atomic E-state index is -4.32. The molecule has 128 valence electrons. The standard InChI is InChI=1S/C18H20F3N3/c1-13-3-2-8-23-16(13)17(24-11-9-22-10-12-24)14-4-6-15(7-5-14)18(19,20)21/h2-8,17,22H,9-12H2,1H3. The highest BCUT2D eigenvalue weighted by Crippen LogP contribution is 2.33. The van der Waals surface area contributed by atoms with Gasteiger partial charge in [-0.3, -0.25) is 9.88 Å². The Bertz CT molecular complexity index is 677. The minimum absolute atomic E-state index is 0.129. The molecule has 1 aliphatic heterocycles. The summed E-state index contributed by atoms with van der Waals surface area (Å²) in [5.74, 6) is 0. The summed E-state index contributed by atoms with van der Waals surface area (Å²) < 4.78 is 38.5. The average Bonchev–Trinajstić information content (AvgIpc) is 2.58. The number of benzene rings is 1. The lowest BCUT2D eigenvalue weighted by atomic mass is 9.96. The summed E-state index contributed by atoms with van der Waals surface area (Å²) in [6, 6.07) is 9.19. The van der Waals surface area contributed by atoms with Crippen LogP contribution >= 0.6 is 0 Å². The number of aromatic nitrogens is 1. The summed E-state index contributed by atoms with van der Waals surface area (Å²) in [5.41, 5.74) is 2.16. The van der Waals surface area contributed by atoms with Crippen LogP contribution < -0.4 is 5.32 Å². The van der Waals surface area contributed by atoms with E-state index in [1.165, 1.54) is 0 Å². The molecule has 3 rings (SSSR count). The van der Waals surface area contributed by atoms with Gasteiger partial charge in [0, 0.05) is 32.4 Å². The molecule has 0 radical (unpaired) electrons. The number of nitrogens with zero attached hydrogens (tertiary/aromatic N) is 2. The highest BCUT2D eigenvalue weighted by atomic mass is 19.4. The maximum atomic E-state index is 12.8. The molecule has 2 aromatic rings. The second-order valence-corrected chi connectivity index (χ2v) is 6.01. The Labute approximate surface area is 139 Å². The summed E-state index contributed by atoms with van der Waals surface area (Å²) in [4.78, 5) is 6.79. The van der Waals surface area contributed by atoms with E-state index in [1.807, 2.05) is 19.1 Å². The molecule has 1 saturated heterocycles. The van der Waals surface area contributed by atoms with Crippen molar-refractivity contribution in [2.24, 2.45) is 0 Å². The molecule has 3 nitrogen and oxygen atoms in total. The lowest BCUT2D eigenvalue weighted by Crippen LogP contribution is -2.45. The zero-order valence-corrected chi connectivity index (χ0v) is 13.5. The molecule has 2 heterocycles. The summed E-state index contributed by atoms with van der Waals surface area (Å²) in [7, 11) is 0. The van der Waals surface area contributed by atoms with Crippen molar-refractivity contribution in [3.05, 3.63) is 65.0 Å². The lowest BCUT2D eigenvalue weighted by molar-refractivity contribution is -0.137. The van der Waals surface area contributed by atoms with E-state index < -0.39 is 11.7 Å². The van der Waals surface area contributed by atoms with Gasteiger partial charge in [0.25, 0.3) is 0 Å². The Balaban J connectivity index is 1.99. The van der Waals surface area contributed by atoms with Gasteiger partial charge in [0.05, 0.1) is 17.3 Å². The van der Waals surface area contributed by atoms with Gasteiger partial charge in [0.1, 0.15) is 0 Å². The number of rotatable bonds is 3. The highest BCUT2D eigenvalue weighted by Gasteiger charge is 2.31. The van der Waals surface area contributed by atoms with Crippen molar-refractivity contribution in [1.82, 2.24) is 15.2 Å². The van der Waals surface area contributed by atoms with Crippen LogP contribution in [0.1, 0.15) is 28.4 Å². The molecule has 0 bridgehead atoms. The number of hydrogen-bond acceptors (Lipinski definition) is 3. The number of piperazine rings is 1. The fourth-order valence-electron chi connectivity index (χ4n) is 3.12. The van der Waals surface area contributed by atoms with E-state index in [1.54, 1.807) is 18.3 Å². The van der Waals surface area contributed by atoms with Crippen LogP contribution in [0.3, 0.4) is 0 Å². The van der Waals surface area contributed by atoms with Gasteiger partial charge in [0.2, 0.25) is 0 Å². The van der Waals surface area contributed by atoms with Crippen LogP contribution in [0.25, 0.3) is 0 Å². The number of pyridine rings is 1. The van der Waals surface area contributed by atoms with Crippen LogP contribution in [-0.4, -0.2) is 36.1 Å². The Hall–Kier alpha value is -1.92. The van der Waals surface area contributed by atoms with Crippen LogP contribution in [0.15, 0.2) is 42.6 Å². The first kappa shape index (κ1) is 16.9. The molecule has 1 N–H and O–H groups in total. The van der Waals surface area contributed by atoms with E-state index in [-0.39, 0.29) is 6.04 Å². The summed E-state index contributed by atoms with van der Waals surface area (Å²) in [5, 5.41) is 3.31. The fourth-order valence-corrected chi connectivity index (χ4v) is 3.12. The predicted molar refractivity (Wildman–Crippen MR) is 86.7 cm³/mol. The van der Waals surface area contributed by atoms with Crippen molar-refractivity contribution in [2.75, 3.05) is 26.2 Å². The highest BCUT2D eigenvalue weighted by molar-refractivity contribution is 5.35. The van der Waals surface area contributed by atoms with Gasteiger partial charge in [-0.15, -0.1) is 0 Å². The lowest BCUT2D eigenvalue weighted by Gasteiger charge is -2.35. The van der Waals surface area contributed by atoms with Crippen LogP contribution in [0.5, 0.6) is 0 Å². The molecule has 1 aromatic heterocycles. The molecule has 1 aromatic carbocycles. The largest absolute Gasteiger partial charge is 0.416 e. The Kier molecular flexibility index (Phi) is 4.87. The average molecular weight is 335 g/mol. The van der Waals surface area contributed by atoms with Gasteiger partial charge in [-0.2, -0.15) is 13.2 Å². The smallest absolute Gasteiger partial charge is 0.314 e. The van der Waals surface area contributed by atoms with E-state index in [4.69, 9.17) is 0 Å². The zero-order chi connectivity index (χ0) is 17.2. The minimum Gasteiger partial charge on any atom is -0.314 e. The van der Waals surface area contributed by atoms with Crippen LogP contribution in [0.2, 0.25) is 0 Å². The molecule has 24 heavy (non-hydrogen) atoms. The molecular formula is C18H20F3N3. The second kappa shape index (κ2) is 6.91. The number of hydrogen-bond donors (Lipinski definition) is 1. The Morgan fingerprint density at radius 3 is 2.33 bits per heavy atom. The summed E-state index contributed by atoms with van der Waals surface area (Å²) in [6.45, 7) is 5.39. The molecule has 1 aliphatic rings. The third-order valence-electron chi connectivity index (χ3n) is 4.38. The number of nitrogens with one attached hydrogen (secondary N) is 1. The van der Waals surface area contributed by atoms with Crippen molar-refractivity contribution in [2.45, 2.75) is 19.1 Å². The van der Waals surface area contributed by atoms with E-state index in [0.29, 0.717) is 0 Å². The molecule has 6 heteroatoms. The van der Waals surface area contributed by atoms with Crippen molar-refractivity contribution in [3.8, 4) is 0 Å². The van der Waals surface area contributed by atoms with E-state index in [9.17, 15) is 13.2 Å². The fraction of sp³-hybridized carbons (Fsp3) is 0.389. The molecule has 1 fully saturated rings. The molecule has 0 amide bonds. The van der Waals surface area contributed by atoms with Gasteiger partial charge in [0.15, 0.2) is 0 Å². The number of aryl methyl sites for hydroxylation is 1. The predicted octanol–water partition coefficient (Wildman–Crippen LogP) is 3.40. The summed E-state index contributed by atoms with van der Waals surface area (Å²) in [6.07, 6.45) is -2.58. The molecule has 0 saturated carbocycles. The van der Waals surface area contributed by atoms with E-state index in [2.05, 4.69) is 15.2 Å². The van der Waals surface area contributed by atoms with Crippen LogP contribution in [0, 0.1) is 6.92 Å². The Morgan fingerprint density at radius 1 is 1.08 bits per heavy atom. The topological polar surface area (TPSA) is 28.2 Å². The number of alkyl halides is 3. The monoisotopic (exact) mass is 335 g/mol. The van der Waals surface area contributed by atoms with E-state index >= 15 is 0 Å². The van der Waals surface area contributed by atoms with Crippen molar-refractivity contribution in [1.29, 1.82) is 0 Å². The quantitative estimate of drug-likeness (QED) is 0.932. The normalized spacial score (nSPS) is 17.7. The van der Waals surface area contributed by atoms with Crippen LogP contribution in [-0.2, 0) is 6.18 Å². The maximum Gasteiger partial charge on any atom is 0.416 e. The van der Waals surface area contributed by atoms with E-state index in [0.717, 1.165) is 55.1 Å². The first-order valence-electron chi connectivity index (χ1n) is 8.00. The first-order valence-corrected chi connectivity index (χ1v) is 8.00. The molecular weight excluding hydrogens is 315 g/mol. The third kappa shape index (κ3) is 3.60. The van der Waals surface area contributed by atoms with Gasteiger partial charge < -0.3 is 5.32 Å². The molecule has 1 atom stereocenters. The second-order valence-electron chi connectivity index (χ2n) is 6.01. The molecule has 0 spiro atoms. The van der Waals surface area contributed by atoms with Gasteiger partial charge in [-0.1, -0.05) is 18.2 Å². The van der Waals surface area contributed by atoms with Gasteiger partial charge in [-0.05, 0) is 36.2 Å².